The highest BCUT2D eigenvalue weighted by atomic mass is 35.5. The molecule has 0 aromatic heterocycles. The summed E-state index contributed by atoms with van der Waals surface area (Å²) < 4.78 is 5.37. The molecule has 1 N–H and O–H groups in total. The van der Waals surface area contributed by atoms with Crippen molar-refractivity contribution in [3.8, 4) is 5.75 Å². The number of methoxy groups -OCH3 is 1. The largest absolute Gasteiger partial charge is 0.495 e. The SMILES string of the molecule is CCC(C)[C@@H](c1ccc(Cl)c(OC)c1)N1CCNCC1.Cl.Cl. The molecule has 0 amide bonds. The third-order valence-corrected chi connectivity index (χ3v) is 4.56. The lowest BCUT2D eigenvalue weighted by atomic mass is 9.90. The van der Waals surface area contributed by atoms with E-state index in [1.807, 2.05) is 6.07 Å². The number of ether oxygens (including phenoxy) is 1. The van der Waals surface area contributed by atoms with Crippen LogP contribution in [-0.4, -0.2) is 38.2 Å². The van der Waals surface area contributed by atoms with Gasteiger partial charge in [-0.1, -0.05) is 37.9 Å². The molecule has 0 aliphatic carbocycles. The summed E-state index contributed by atoms with van der Waals surface area (Å²) in [6, 6.07) is 6.63. The van der Waals surface area contributed by atoms with Crippen molar-refractivity contribution in [2.24, 2.45) is 5.92 Å². The summed E-state index contributed by atoms with van der Waals surface area (Å²) in [4.78, 5) is 2.58. The van der Waals surface area contributed by atoms with E-state index in [9.17, 15) is 0 Å². The Morgan fingerprint density at radius 1 is 1.27 bits per heavy atom. The van der Waals surface area contributed by atoms with Crippen molar-refractivity contribution in [2.45, 2.75) is 26.3 Å². The van der Waals surface area contributed by atoms with Crippen molar-refractivity contribution in [2.75, 3.05) is 33.3 Å². The van der Waals surface area contributed by atoms with E-state index in [0.717, 1.165) is 31.9 Å². The Morgan fingerprint density at radius 2 is 1.91 bits per heavy atom. The van der Waals surface area contributed by atoms with Crippen LogP contribution in [0.15, 0.2) is 18.2 Å². The number of piperazine rings is 1. The Hall–Kier alpha value is -0.190. The highest BCUT2D eigenvalue weighted by Crippen LogP contribution is 2.35. The van der Waals surface area contributed by atoms with Gasteiger partial charge in [-0.05, 0) is 23.6 Å². The number of benzene rings is 1. The molecule has 3 nitrogen and oxygen atoms in total. The van der Waals surface area contributed by atoms with Crippen LogP contribution in [-0.2, 0) is 0 Å². The number of halogens is 3. The third kappa shape index (κ3) is 5.17. The number of rotatable bonds is 5. The minimum absolute atomic E-state index is 0. The molecule has 1 aromatic rings. The van der Waals surface area contributed by atoms with Crippen molar-refractivity contribution in [3.05, 3.63) is 28.8 Å². The molecule has 128 valence electrons. The molecule has 2 rings (SSSR count). The molecule has 0 spiro atoms. The standard InChI is InChI=1S/C16H25ClN2O.2ClH/c1-4-12(2)16(19-9-7-18-8-10-19)13-5-6-14(17)15(11-13)20-3;;/h5-6,11-12,16,18H,4,7-10H2,1-3H3;2*1H/t12?,16-;;/m0../s1. The smallest absolute Gasteiger partial charge is 0.137 e. The molecule has 1 fully saturated rings. The highest BCUT2D eigenvalue weighted by molar-refractivity contribution is 6.32. The second-order valence-corrected chi connectivity index (χ2v) is 5.92. The lowest BCUT2D eigenvalue weighted by Gasteiger charge is -2.38. The van der Waals surface area contributed by atoms with Gasteiger partial charge in [0.15, 0.2) is 0 Å². The van der Waals surface area contributed by atoms with E-state index in [4.69, 9.17) is 16.3 Å². The fourth-order valence-corrected chi connectivity index (χ4v) is 3.14. The van der Waals surface area contributed by atoms with Crippen LogP contribution in [0.1, 0.15) is 31.9 Å². The van der Waals surface area contributed by atoms with Crippen LogP contribution < -0.4 is 10.1 Å². The van der Waals surface area contributed by atoms with Crippen LogP contribution in [0.2, 0.25) is 5.02 Å². The first kappa shape index (κ1) is 21.8. The van der Waals surface area contributed by atoms with Gasteiger partial charge >= 0.3 is 0 Å². The minimum atomic E-state index is 0. The summed E-state index contributed by atoms with van der Waals surface area (Å²) in [5.41, 5.74) is 1.31. The zero-order valence-corrected chi connectivity index (χ0v) is 15.9. The second kappa shape index (κ2) is 10.6. The van der Waals surface area contributed by atoms with Crippen molar-refractivity contribution < 1.29 is 4.74 Å². The number of hydrogen-bond donors (Lipinski definition) is 1. The topological polar surface area (TPSA) is 24.5 Å². The zero-order valence-electron chi connectivity index (χ0n) is 13.5. The fourth-order valence-electron chi connectivity index (χ4n) is 2.94. The lowest BCUT2D eigenvalue weighted by molar-refractivity contribution is 0.128. The van der Waals surface area contributed by atoms with Crippen LogP contribution in [0, 0.1) is 5.92 Å². The Kier molecular flexibility index (Phi) is 10.5. The van der Waals surface area contributed by atoms with Gasteiger partial charge < -0.3 is 10.1 Å². The lowest BCUT2D eigenvalue weighted by Crippen LogP contribution is -2.46. The van der Waals surface area contributed by atoms with E-state index >= 15 is 0 Å². The molecule has 2 atom stereocenters. The summed E-state index contributed by atoms with van der Waals surface area (Å²) in [7, 11) is 1.67. The first-order valence-corrected chi connectivity index (χ1v) is 7.83. The molecule has 1 saturated heterocycles. The fraction of sp³-hybridized carbons (Fsp3) is 0.625. The van der Waals surface area contributed by atoms with Crippen LogP contribution in [0.5, 0.6) is 5.75 Å². The maximum absolute atomic E-state index is 6.15. The molecule has 6 heteroatoms. The molecule has 0 bridgehead atoms. The van der Waals surface area contributed by atoms with Crippen molar-refractivity contribution in [3.63, 3.8) is 0 Å². The Balaban J connectivity index is 0.00000220. The Morgan fingerprint density at radius 3 is 2.45 bits per heavy atom. The number of nitrogens with zero attached hydrogens (tertiary/aromatic N) is 1. The Labute approximate surface area is 151 Å². The first-order chi connectivity index (χ1) is 9.67. The molecule has 1 heterocycles. The van der Waals surface area contributed by atoms with Crippen molar-refractivity contribution >= 4 is 36.4 Å². The van der Waals surface area contributed by atoms with Crippen LogP contribution in [0.3, 0.4) is 0 Å². The van der Waals surface area contributed by atoms with E-state index < -0.39 is 0 Å². The van der Waals surface area contributed by atoms with Crippen LogP contribution >= 0.6 is 36.4 Å². The average Bonchev–Trinajstić information content (AvgIpc) is 2.50. The van der Waals surface area contributed by atoms with E-state index in [1.165, 1.54) is 12.0 Å². The molecule has 1 unspecified atom stereocenters. The van der Waals surface area contributed by atoms with Gasteiger partial charge in [0.25, 0.3) is 0 Å². The predicted molar refractivity (Wildman–Crippen MR) is 99.1 cm³/mol. The van der Waals surface area contributed by atoms with Gasteiger partial charge in [0.05, 0.1) is 12.1 Å². The predicted octanol–water partition coefficient (Wildman–Crippen LogP) is 4.18. The third-order valence-electron chi connectivity index (χ3n) is 4.24. The summed E-state index contributed by atoms with van der Waals surface area (Å²) in [6.45, 7) is 8.91. The first-order valence-electron chi connectivity index (χ1n) is 7.45. The molecule has 22 heavy (non-hydrogen) atoms. The van der Waals surface area contributed by atoms with E-state index in [0.29, 0.717) is 17.0 Å². The van der Waals surface area contributed by atoms with Gasteiger partial charge in [-0.15, -0.1) is 24.8 Å². The van der Waals surface area contributed by atoms with Crippen molar-refractivity contribution in [1.82, 2.24) is 10.2 Å². The maximum Gasteiger partial charge on any atom is 0.137 e. The van der Waals surface area contributed by atoms with E-state index in [2.05, 4.69) is 36.2 Å². The van der Waals surface area contributed by atoms with Gasteiger partial charge in [-0.2, -0.15) is 0 Å². The van der Waals surface area contributed by atoms with Crippen LogP contribution in [0.25, 0.3) is 0 Å². The molecule has 0 radical (unpaired) electrons. The quantitative estimate of drug-likeness (QED) is 0.842. The highest BCUT2D eigenvalue weighted by Gasteiger charge is 2.26. The van der Waals surface area contributed by atoms with E-state index in [1.54, 1.807) is 7.11 Å². The van der Waals surface area contributed by atoms with Gasteiger partial charge in [-0.25, -0.2) is 0 Å². The molecule has 1 aliphatic heterocycles. The summed E-state index contributed by atoms with van der Waals surface area (Å²) in [5.74, 6) is 1.38. The molecule has 0 saturated carbocycles. The minimum Gasteiger partial charge on any atom is -0.495 e. The molecule has 1 aliphatic rings. The zero-order chi connectivity index (χ0) is 14.5. The average molecular weight is 370 g/mol. The summed E-state index contributed by atoms with van der Waals surface area (Å²) in [5, 5.41) is 4.10. The molecular weight excluding hydrogens is 343 g/mol. The van der Waals surface area contributed by atoms with Gasteiger partial charge in [0, 0.05) is 32.2 Å². The van der Waals surface area contributed by atoms with E-state index in [-0.39, 0.29) is 24.8 Å². The Bertz CT molecular complexity index is 439. The van der Waals surface area contributed by atoms with Gasteiger partial charge in [0.1, 0.15) is 5.75 Å². The number of nitrogens with one attached hydrogen (secondary N) is 1. The van der Waals surface area contributed by atoms with Crippen molar-refractivity contribution in [1.29, 1.82) is 0 Å². The normalized spacial score (nSPS) is 17.8. The molecule has 1 aromatic carbocycles. The monoisotopic (exact) mass is 368 g/mol. The maximum atomic E-state index is 6.15. The second-order valence-electron chi connectivity index (χ2n) is 5.51. The van der Waals surface area contributed by atoms with Gasteiger partial charge in [-0.3, -0.25) is 4.90 Å². The number of hydrogen-bond acceptors (Lipinski definition) is 3. The molecular formula is C16H27Cl3N2O. The summed E-state index contributed by atoms with van der Waals surface area (Å²) >= 11 is 6.15. The van der Waals surface area contributed by atoms with Crippen LogP contribution in [0.4, 0.5) is 0 Å². The summed E-state index contributed by atoms with van der Waals surface area (Å²) in [6.07, 6.45) is 1.17. The van der Waals surface area contributed by atoms with Gasteiger partial charge in [0.2, 0.25) is 0 Å².